The largest absolute Gasteiger partial charge is 0.493 e. The molecule has 7 heteroatoms. The van der Waals surface area contributed by atoms with Gasteiger partial charge in [-0.3, -0.25) is 0 Å². The molecule has 1 aromatic carbocycles. The summed E-state index contributed by atoms with van der Waals surface area (Å²) in [5.41, 5.74) is 1.07. The number of methoxy groups -OCH3 is 2. The molecular formula is C18H25N5O2. The monoisotopic (exact) mass is 343 g/mol. The van der Waals surface area contributed by atoms with Gasteiger partial charge >= 0.3 is 0 Å². The summed E-state index contributed by atoms with van der Waals surface area (Å²) in [6.07, 6.45) is 7.83. The predicted octanol–water partition coefficient (Wildman–Crippen LogP) is 3.25. The Morgan fingerprint density at radius 1 is 1.08 bits per heavy atom. The molecule has 1 aliphatic rings. The number of ether oxygens (including phenoxy) is 2. The lowest BCUT2D eigenvalue weighted by Gasteiger charge is -2.22. The van der Waals surface area contributed by atoms with E-state index in [4.69, 9.17) is 9.47 Å². The molecule has 0 aliphatic heterocycles. The smallest absolute Gasteiger partial charge is 0.244 e. The lowest BCUT2D eigenvalue weighted by molar-refractivity contribution is 0.354. The van der Waals surface area contributed by atoms with Gasteiger partial charge in [-0.15, -0.1) is 5.10 Å². The van der Waals surface area contributed by atoms with E-state index in [9.17, 15) is 0 Å². The Labute approximate surface area is 148 Å². The lowest BCUT2D eigenvalue weighted by Crippen LogP contribution is -2.23. The van der Waals surface area contributed by atoms with Gasteiger partial charge in [0.15, 0.2) is 17.3 Å². The molecule has 2 N–H and O–H groups in total. The summed E-state index contributed by atoms with van der Waals surface area (Å²) in [6, 6.07) is 6.28. The molecule has 3 rings (SSSR count). The first-order chi connectivity index (χ1) is 12.3. The molecule has 134 valence electrons. The van der Waals surface area contributed by atoms with Crippen LogP contribution >= 0.6 is 0 Å². The lowest BCUT2D eigenvalue weighted by atomic mass is 9.96. The molecule has 7 nitrogen and oxygen atoms in total. The van der Waals surface area contributed by atoms with Crippen molar-refractivity contribution < 1.29 is 9.47 Å². The number of aromatic nitrogens is 3. The van der Waals surface area contributed by atoms with E-state index < -0.39 is 0 Å². The Kier molecular flexibility index (Phi) is 5.87. The van der Waals surface area contributed by atoms with E-state index in [0.29, 0.717) is 35.9 Å². The molecule has 1 aliphatic carbocycles. The quantitative estimate of drug-likeness (QED) is 0.798. The number of benzene rings is 1. The van der Waals surface area contributed by atoms with Gasteiger partial charge in [0, 0.05) is 12.6 Å². The molecule has 1 saturated carbocycles. The van der Waals surface area contributed by atoms with Crippen LogP contribution in [-0.2, 0) is 6.54 Å². The van der Waals surface area contributed by atoms with E-state index in [1.54, 1.807) is 20.4 Å². The van der Waals surface area contributed by atoms with Gasteiger partial charge in [0.1, 0.15) is 0 Å². The van der Waals surface area contributed by atoms with Crippen LogP contribution in [0.1, 0.15) is 37.7 Å². The summed E-state index contributed by atoms with van der Waals surface area (Å²) >= 11 is 0. The highest BCUT2D eigenvalue weighted by Gasteiger charge is 2.14. The zero-order valence-corrected chi connectivity index (χ0v) is 14.8. The molecule has 0 atom stereocenters. The zero-order chi connectivity index (χ0) is 17.5. The maximum absolute atomic E-state index is 5.33. The Balaban J connectivity index is 1.60. The number of hydrogen-bond acceptors (Lipinski definition) is 7. The van der Waals surface area contributed by atoms with Crippen LogP contribution in [-0.4, -0.2) is 35.4 Å². The van der Waals surface area contributed by atoms with Crippen LogP contribution in [0.25, 0.3) is 0 Å². The van der Waals surface area contributed by atoms with Crippen molar-refractivity contribution >= 4 is 11.8 Å². The molecule has 0 spiro atoms. The third-order valence-electron chi connectivity index (χ3n) is 4.42. The van der Waals surface area contributed by atoms with Crippen LogP contribution in [0.2, 0.25) is 0 Å². The second-order valence-corrected chi connectivity index (χ2v) is 6.19. The summed E-state index contributed by atoms with van der Waals surface area (Å²) in [5, 5.41) is 14.8. The summed E-state index contributed by atoms with van der Waals surface area (Å²) in [6.45, 7) is 0.613. The molecule has 1 aromatic heterocycles. The number of anilines is 2. The third-order valence-corrected chi connectivity index (χ3v) is 4.42. The van der Waals surface area contributed by atoms with Crippen LogP contribution in [0, 0.1) is 0 Å². The molecular weight excluding hydrogens is 318 g/mol. The van der Waals surface area contributed by atoms with Crippen LogP contribution in [0.4, 0.5) is 11.8 Å². The van der Waals surface area contributed by atoms with E-state index in [1.165, 1.54) is 32.1 Å². The molecule has 1 heterocycles. The maximum atomic E-state index is 5.33. The average molecular weight is 343 g/mol. The number of rotatable bonds is 7. The second kappa shape index (κ2) is 8.50. The fraction of sp³-hybridized carbons (Fsp3) is 0.500. The highest BCUT2D eigenvalue weighted by Crippen LogP contribution is 2.27. The summed E-state index contributed by atoms with van der Waals surface area (Å²) in [7, 11) is 3.26. The van der Waals surface area contributed by atoms with E-state index in [-0.39, 0.29) is 0 Å². The molecule has 0 radical (unpaired) electrons. The summed E-state index contributed by atoms with van der Waals surface area (Å²) in [5.74, 6) is 2.71. The van der Waals surface area contributed by atoms with E-state index in [0.717, 1.165) is 5.56 Å². The average Bonchev–Trinajstić information content (AvgIpc) is 2.67. The first-order valence-electron chi connectivity index (χ1n) is 8.69. The van der Waals surface area contributed by atoms with Crippen LogP contribution < -0.4 is 20.1 Å². The van der Waals surface area contributed by atoms with E-state index in [1.807, 2.05) is 18.2 Å². The van der Waals surface area contributed by atoms with Gasteiger partial charge in [-0.2, -0.15) is 10.1 Å². The number of nitrogens with zero attached hydrogens (tertiary/aromatic N) is 3. The van der Waals surface area contributed by atoms with Gasteiger partial charge in [-0.05, 0) is 30.5 Å². The molecule has 25 heavy (non-hydrogen) atoms. The zero-order valence-electron chi connectivity index (χ0n) is 14.8. The Morgan fingerprint density at radius 2 is 1.88 bits per heavy atom. The molecule has 0 bridgehead atoms. The normalized spacial score (nSPS) is 14.8. The van der Waals surface area contributed by atoms with Crippen molar-refractivity contribution in [2.75, 3.05) is 24.9 Å². The molecule has 0 amide bonds. The second-order valence-electron chi connectivity index (χ2n) is 6.19. The van der Waals surface area contributed by atoms with Crippen molar-refractivity contribution in [3.05, 3.63) is 30.0 Å². The standard InChI is InChI=1S/C18H25N5O2/c1-24-15-9-8-13(10-16(15)25-2)11-19-17-12-20-23-18(22-17)21-14-6-4-3-5-7-14/h8-10,12,14H,3-7,11H2,1-2H3,(H2,19,21,22,23). The number of hydrogen-bond donors (Lipinski definition) is 2. The van der Waals surface area contributed by atoms with Gasteiger partial charge in [0.2, 0.25) is 5.95 Å². The van der Waals surface area contributed by atoms with Gasteiger partial charge in [-0.1, -0.05) is 25.3 Å². The topological polar surface area (TPSA) is 81.2 Å². The minimum absolute atomic E-state index is 0.455. The molecule has 2 aromatic rings. The van der Waals surface area contributed by atoms with Crippen molar-refractivity contribution in [2.45, 2.75) is 44.7 Å². The van der Waals surface area contributed by atoms with Gasteiger partial charge < -0.3 is 20.1 Å². The first-order valence-corrected chi connectivity index (χ1v) is 8.69. The summed E-state index contributed by atoms with van der Waals surface area (Å²) in [4.78, 5) is 4.51. The van der Waals surface area contributed by atoms with Crippen molar-refractivity contribution in [1.29, 1.82) is 0 Å². The third kappa shape index (κ3) is 4.71. The maximum Gasteiger partial charge on any atom is 0.244 e. The highest BCUT2D eigenvalue weighted by atomic mass is 16.5. The minimum atomic E-state index is 0.455. The van der Waals surface area contributed by atoms with Gasteiger partial charge in [0.25, 0.3) is 0 Å². The Bertz CT molecular complexity index is 689. The van der Waals surface area contributed by atoms with Crippen LogP contribution in [0.5, 0.6) is 11.5 Å². The van der Waals surface area contributed by atoms with E-state index >= 15 is 0 Å². The van der Waals surface area contributed by atoms with Crippen molar-refractivity contribution in [2.24, 2.45) is 0 Å². The predicted molar refractivity (Wildman–Crippen MR) is 97.2 cm³/mol. The van der Waals surface area contributed by atoms with Gasteiger partial charge in [0.05, 0.1) is 20.4 Å². The van der Waals surface area contributed by atoms with Crippen molar-refractivity contribution in [1.82, 2.24) is 15.2 Å². The molecule has 1 fully saturated rings. The SMILES string of the molecule is COc1ccc(CNc2cnnc(NC3CCCCC3)n2)cc1OC. The van der Waals surface area contributed by atoms with Crippen molar-refractivity contribution in [3.8, 4) is 11.5 Å². The van der Waals surface area contributed by atoms with E-state index in [2.05, 4.69) is 25.8 Å². The first kappa shape index (κ1) is 17.3. The molecule has 0 saturated heterocycles. The summed E-state index contributed by atoms with van der Waals surface area (Å²) < 4.78 is 10.6. The number of nitrogens with one attached hydrogen (secondary N) is 2. The molecule has 0 unspecified atom stereocenters. The van der Waals surface area contributed by atoms with Crippen LogP contribution in [0.3, 0.4) is 0 Å². The Hall–Kier alpha value is -2.57. The fourth-order valence-corrected chi connectivity index (χ4v) is 3.06. The van der Waals surface area contributed by atoms with Crippen LogP contribution in [0.15, 0.2) is 24.4 Å². The minimum Gasteiger partial charge on any atom is -0.493 e. The van der Waals surface area contributed by atoms with Gasteiger partial charge in [-0.25, -0.2) is 0 Å². The Morgan fingerprint density at radius 3 is 2.64 bits per heavy atom. The van der Waals surface area contributed by atoms with Crippen molar-refractivity contribution in [3.63, 3.8) is 0 Å². The fourth-order valence-electron chi connectivity index (χ4n) is 3.06. The highest BCUT2D eigenvalue weighted by molar-refractivity contribution is 5.44.